The summed E-state index contributed by atoms with van der Waals surface area (Å²) in [6, 6.07) is 15.7. The molecule has 6 nitrogen and oxygen atoms in total. The van der Waals surface area contributed by atoms with E-state index in [4.69, 9.17) is 15.0 Å². The molecule has 0 fully saturated rings. The first-order valence-electron chi connectivity index (χ1n) is 7.68. The summed E-state index contributed by atoms with van der Waals surface area (Å²) in [5, 5.41) is 0. The minimum absolute atomic E-state index is 0.0278. The molecule has 25 heavy (non-hydrogen) atoms. The van der Waals surface area contributed by atoms with Gasteiger partial charge in [0, 0.05) is 6.04 Å². The second-order valence-corrected chi connectivity index (χ2v) is 6.96. The van der Waals surface area contributed by atoms with E-state index in [9.17, 15) is 13.2 Å². The number of nitrogens with two attached hydrogens (primary N) is 1. The van der Waals surface area contributed by atoms with E-state index in [0.29, 0.717) is 12.2 Å². The van der Waals surface area contributed by atoms with Crippen LogP contribution in [0.5, 0.6) is 0 Å². The molecular weight excluding hydrogens is 342 g/mol. The first-order chi connectivity index (χ1) is 11.7. The van der Waals surface area contributed by atoms with Gasteiger partial charge in [-0.05, 0) is 31.0 Å². The molecule has 0 aliphatic heterocycles. The molecule has 2 aromatic carbocycles. The normalized spacial score (nSPS) is 11.8. The van der Waals surface area contributed by atoms with Crippen molar-refractivity contribution in [1.29, 1.82) is 0 Å². The Labute approximate surface area is 148 Å². The maximum absolute atomic E-state index is 11.1. The molecule has 0 heterocycles. The summed E-state index contributed by atoms with van der Waals surface area (Å²) in [7, 11) is -4.03. The largest absolute Gasteiger partial charge is 0.461 e. The number of ether oxygens (including phenoxy) is 1. The van der Waals surface area contributed by atoms with Crippen molar-refractivity contribution in [3.63, 3.8) is 0 Å². The van der Waals surface area contributed by atoms with Crippen molar-refractivity contribution in [3.05, 3.63) is 65.7 Å². The van der Waals surface area contributed by atoms with Crippen LogP contribution >= 0.6 is 0 Å². The predicted molar refractivity (Wildman–Crippen MR) is 95.5 cm³/mol. The lowest BCUT2D eigenvalue weighted by Crippen LogP contribution is -2.20. The summed E-state index contributed by atoms with van der Waals surface area (Å²) in [5.41, 5.74) is 7.00. The van der Waals surface area contributed by atoms with Gasteiger partial charge in [-0.1, -0.05) is 48.5 Å². The van der Waals surface area contributed by atoms with Gasteiger partial charge in [-0.3, -0.25) is 9.35 Å². The number of rotatable bonds is 5. The summed E-state index contributed by atoms with van der Waals surface area (Å²) in [6.07, 6.45) is 0.271. The van der Waals surface area contributed by atoms with E-state index in [-0.39, 0.29) is 23.3 Å². The Hall–Kier alpha value is -2.22. The van der Waals surface area contributed by atoms with E-state index in [1.165, 1.54) is 6.07 Å². The molecule has 0 saturated carbocycles. The highest BCUT2D eigenvalue weighted by atomic mass is 32.2. The summed E-state index contributed by atoms with van der Waals surface area (Å²) in [4.78, 5) is 11.1. The fraction of sp³-hybridized carbons (Fsp3) is 0.278. The number of benzene rings is 2. The molecule has 0 aliphatic carbocycles. The van der Waals surface area contributed by atoms with E-state index in [2.05, 4.69) is 0 Å². The van der Waals surface area contributed by atoms with Gasteiger partial charge in [-0.15, -0.1) is 0 Å². The SMILES string of the molecule is CC(N)CC(=O)OCc1ccccc1.Cc1ccccc1S(=O)(=O)O. The van der Waals surface area contributed by atoms with Gasteiger partial charge in [-0.2, -0.15) is 8.42 Å². The minimum atomic E-state index is -4.03. The molecule has 2 aromatic rings. The van der Waals surface area contributed by atoms with Gasteiger partial charge in [0.15, 0.2) is 0 Å². The highest BCUT2D eigenvalue weighted by Crippen LogP contribution is 2.12. The number of esters is 1. The lowest BCUT2D eigenvalue weighted by Gasteiger charge is -2.06. The first kappa shape index (κ1) is 20.8. The third-order valence-electron chi connectivity index (χ3n) is 3.10. The van der Waals surface area contributed by atoms with Crippen molar-refractivity contribution in [1.82, 2.24) is 0 Å². The molecule has 7 heteroatoms. The van der Waals surface area contributed by atoms with E-state index in [0.717, 1.165) is 5.56 Å². The molecule has 0 radical (unpaired) electrons. The first-order valence-corrected chi connectivity index (χ1v) is 9.12. The van der Waals surface area contributed by atoms with Gasteiger partial charge in [0.2, 0.25) is 0 Å². The lowest BCUT2D eigenvalue weighted by atomic mass is 10.2. The summed E-state index contributed by atoms with van der Waals surface area (Å²) in [5.74, 6) is -0.246. The fourth-order valence-corrected chi connectivity index (χ4v) is 2.63. The number of aryl methyl sites for hydroxylation is 1. The summed E-state index contributed by atoms with van der Waals surface area (Å²) in [6.45, 7) is 3.74. The molecule has 1 atom stereocenters. The maximum Gasteiger partial charge on any atom is 0.307 e. The zero-order valence-electron chi connectivity index (χ0n) is 14.3. The Kier molecular flexibility index (Phi) is 8.27. The fourth-order valence-electron chi connectivity index (χ4n) is 1.91. The average Bonchev–Trinajstić information content (AvgIpc) is 2.53. The van der Waals surface area contributed by atoms with Crippen LogP contribution in [0.4, 0.5) is 0 Å². The van der Waals surface area contributed by atoms with Crippen LogP contribution in [-0.2, 0) is 26.3 Å². The highest BCUT2D eigenvalue weighted by Gasteiger charge is 2.10. The zero-order chi connectivity index (χ0) is 18.9. The quantitative estimate of drug-likeness (QED) is 0.623. The van der Waals surface area contributed by atoms with E-state index in [1.807, 2.05) is 30.3 Å². The molecular formula is C18H23NO5S. The molecule has 0 amide bonds. The number of hydrogen-bond acceptors (Lipinski definition) is 5. The summed E-state index contributed by atoms with van der Waals surface area (Å²) < 4.78 is 34.9. The Balaban J connectivity index is 0.000000257. The molecule has 0 bridgehead atoms. The molecule has 1 unspecified atom stereocenters. The Bertz CT molecular complexity index is 773. The Morgan fingerprint density at radius 2 is 1.68 bits per heavy atom. The molecule has 0 aliphatic rings. The van der Waals surface area contributed by atoms with Crippen molar-refractivity contribution >= 4 is 16.1 Å². The maximum atomic E-state index is 11.1. The van der Waals surface area contributed by atoms with E-state index < -0.39 is 10.1 Å². The molecule has 136 valence electrons. The van der Waals surface area contributed by atoms with Gasteiger partial charge in [0.1, 0.15) is 6.61 Å². The van der Waals surface area contributed by atoms with Crippen molar-refractivity contribution < 1.29 is 22.5 Å². The van der Waals surface area contributed by atoms with Crippen molar-refractivity contribution in [2.45, 2.75) is 37.8 Å². The molecule has 3 N–H and O–H groups in total. The predicted octanol–water partition coefficient (Wildman–Crippen LogP) is 2.71. The van der Waals surface area contributed by atoms with Crippen LogP contribution in [0.1, 0.15) is 24.5 Å². The molecule has 2 rings (SSSR count). The number of carbonyl (C=O) groups is 1. The number of hydrogen-bond donors (Lipinski definition) is 2. The lowest BCUT2D eigenvalue weighted by molar-refractivity contribution is -0.145. The molecule has 0 spiro atoms. The van der Waals surface area contributed by atoms with E-state index in [1.54, 1.807) is 32.0 Å². The molecule has 0 saturated heterocycles. The second kappa shape index (κ2) is 9.93. The van der Waals surface area contributed by atoms with Crippen LogP contribution in [0, 0.1) is 6.92 Å². The van der Waals surface area contributed by atoms with Crippen LogP contribution in [0.2, 0.25) is 0 Å². The third-order valence-corrected chi connectivity index (χ3v) is 4.12. The van der Waals surface area contributed by atoms with Crippen molar-refractivity contribution in [2.75, 3.05) is 0 Å². The van der Waals surface area contributed by atoms with Gasteiger partial charge < -0.3 is 10.5 Å². The van der Waals surface area contributed by atoms with Crippen LogP contribution in [0.15, 0.2) is 59.5 Å². The van der Waals surface area contributed by atoms with Gasteiger partial charge in [0.05, 0.1) is 11.3 Å². The molecule has 0 aromatic heterocycles. The highest BCUT2D eigenvalue weighted by molar-refractivity contribution is 7.85. The zero-order valence-corrected chi connectivity index (χ0v) is 15.1. The smallest absolute Gasteiger partial charge is 0.307 e. The Morgan fingerprint density at radius 1 is 1.12 bits per heavy atom. The van der Waals surface area contributed by atoms with Crippen LogP contribution in [0.3, 0.4) is 0 Å². The minimum Gasteiger partial charge on any atom is -0.461 e. The summed E-state index contributed by atoms with van der Waals surface area (Å²) >= 11 is 0. The topological polar surface area (TPSA) is 107 Å². The van der Waals surface area contributed by atoms with Crippen molar-refractivity contribution in [2.24, 2.45) is 5.73 Å². The Morgan fingerprint density at radius 3 is 2.16 bits per heavy atom. The van der Waals surface area contributed by atoms with Crippen molar-refractivity contribution in [3.8, 4) is 0 Å². The van der Waals surface area contributed by atoms with Gasteiger partial charge in [-0.25, -0.2) is 0 Å². The monoisotopic (exact) mass is 365 g/mol. The number of carbonyl (C=O) groups excluding carboxylic acids is 1. The average molecular weight is 365 g/mol. The second-order valence-electron chi connectivity index (χ2n) is 5.57. The van der Waals surface area contributed by atoms with Crippen LogP contribution in [-0.4, -0.2) is 25.0 Å². The van der Waals surface area contributed by atoms with Crippen LogP contribution < -0.4 is 5.73 Å². The van der Waals surface area contributed by atoms with Crippen LogP contribution in [0.25, 0.3) is 0 Å². The van der Waals surface area contributed by atoms with E-state index >= 15 is 0 Å². The van der Waals surface area contributed by atoms with Gasteiger partial charge in [0.25, 0.3) is 10.1 Å². The standard InChI is InChI=1S/C11H15NO2.C7H8O3S/c1-9(12)7-11(13)14-8-10-5-3-2-4-6-10;1-6-4-2-3-5-7(6)11(8,9)10/h2-6,9H,7-8,12H2,1H3;2-5H,1H3,(H,8,9,10). The third kappa shape index (κ3) is 8.44. The van der Waals surface area contributed by atoms with Gasteiger partial charge >= 0.3 is 5.97 Å².